The fraction of sp³-hybridized carbons (Fsp3) is 0.261. The first-order chi connectivity index (χ1) is 13.5. The molecule has 0 spiro atoms. The predicted molar refractivity (Wildman–Crippen MR) is 107 cm³/mol. The van der Waals surface area contributed by atoms with Crippen molar-refractivity contribution in [1.29, 1.82) is 0 Å². The molecule has 1 saturated heterocycles. The summed E-state index contributed by atoms with van der Waals surface area (Å²) in [6.07, 6.45) is 1.76. The normalized spacial score (nSPS) is 17.5. The third kappa shape index (κ3) is 5.16. The van der Waals surface area contributed by atoms with Gasteiger partial charge in [0.25, 0.3) is 5.91 Å². The van der Waals surface area contributed by atoms with Crippen LogP contribution < -0.4 is 10.6 Å². The van der Waals surface area contributed by atoms with Crippen LogP contribution in [0.25, 0.3) is 0 Å². The molecule has 2 aromatic rings. The van der Waals surface area contributed by atoms with Crippen LogP contribution in [0.1, 0.15) is 35.2 Å². The molecule has 1 unspecified atom stereocenters. The topological polar surface area (TPSA) is 75.3 Å². The number of carbonyl (C=O) groups excluding carboxylic acids is 3. The Bertz CT molecular complexity index is 862. The van der Waals surface area contributed by atoms with Crippen molar-refractivity contribution in [3.63, 3.8) is 0 Å². The van der Waals surface area contributed by atoms with E-state index in [-0.39, 0.29) is 29.9 Å². The predicted octanol–water partition coefficient (Wildman–Crippen LogP) is 3.03. The molecular formula is C23H24N2O3. The first kappa shape index (κ1) is 19.5. The molecule has 2 atom stereocenters. The highest BCUT2D eigenvalue weighted by Crippen LogP contribution is 2.21. The van der Waals surface area contributed by atoms with Crippen LogP contribution in [0.2, 0.25) is 0 Å². The molecule has 2 aromatic carbocycles. The number of carbonyl (C=O) groups is 3. The van der Waals surface area contributed by atoms with Crippen molar-refractivity contribution in [2.45, 2.75) is 31.7 Å². The third-order valence-corrected chi connectivity index (χ3v) is 4.93. The van der Waals surface area contributed by atoms with E-state index in [9.17, 15) is 14.4 Å². The number of rotatable bonds is 7. The number of hydrogen-bond donors (Lipinski definition) is 2. The smallest absolute Gasteiger partial charge is 0.251 e. The fourth-order valence-electron chi connectivity index (χ4n) is 3.32. The van der Waals surface area contributed by atoms with Gasteiger partial charge in [0, 0.05) is 23.6 Å². The van der Waals surface area contributed by atoms with E-state index in [1.807, 2.05) is 36.4 Å². The number of hydrogen-bond acceptors (Lipinski definition) is 3. The first-order valence-electron chi connectivity index (χ1n) is 9.44. The minimum Gasteiger partial charge on any atom is -0.342 e. The van der Waals surface area contributed by atoms with E-state index in [4.69, 9.17) is 0 Å². The number of allylic oxidation sites excluding steroid dienone is 1. The molecule has 0 bridgehead atoms. The molecule has 1 aliphatic heterocycles. The molecule has 0 aliphatic carbocycles. The lowest BCUT2D eigenvalue weighted by Crippen LogP contribution is -2.45. The zero-order valence-electron chi connectivity index (χ0n) is 15.7. The van der Waals surface area contributed by atoms with Crippen molar-refractivity contribution in [1.82, 2.24) is 10.6 Å². The molecule has 1 aliphatic rings. The summed E-state index contributed by atoms with van der Waals surface area (Å²) < 4.78 is 0. The van der Waals surface area contributed by atoms with E-state index < -0.39 is 6.04 Å². The van der Waals surface area contributed by atoms with Crippen LogP contribution in [0.3, 0.4) is 0 Å². The summed E-state index contributed by atoms with van der Waals surface area (Å²) in [5.41, 5.74) is 2.14. The summed E-state index contributed by atoms with van der Waals surface area (Å²) in [4.78, 5) is 37.7. The second-order valence-corrected chi connectivity index (χ2v) is 7.08. The van der Waals surface area contributed by atoms with Gasteiger partial charge in [-0.25, -0.2) is 0 Å². The van der Waals surface area contributed by atoms with Crippen LogP contribution >= 0.6 is 0 Å². The number of amides is 2. The summed E-state index contributed by atoms with van der Waals surface area (Å²) in [6, 6.07) is 17.7. The molecule has 144 valence electrons. The first-order valence-corrected chi connectivity index (χ1v) is 9.44. The molecule has 1 heterocycles. The van der Waals surface area contributed by atoms with Crippen LogP contribution in [0.15, 0.2) is 72.9 Å². The van der Waals surface area contributed by atoms with Gasteiger partial charge < -0.3 is 10.6 Å². The van der Waals surface area contributed by atoms with E-state index >= 15 is 0 Å². The Labute approximate surface area is 164 Å². The maximum Gasteiger partial charge on any atom is 0.251 e. The van der Waals surface area contributed by atoms with Crippen molar-refractivity contribution < 1.29 is 14.4 Å². The zero-order valence-corrected chi connectivity index (χ0v) is 15.7. The fourth-order valence-corrected chi connectivity index (χ4v) is 3.32. The van der Waals surface area contributed by atoms with Crippen molar-refractivity contribution in [2.24, 2.45) is 5.92 Å². The summed E-state index contributed by atoms with van der Waals surface area (Å²) >= 11 is 0. The maximum atomic E-state index is 13.0. The Balaban J connectivity index is 1.73. The average Bonchev–Trinajstić information content (AvgIpc) is 2.71. The van der Waals surface area contributed by atoms with Crippen molar-refractivity contribution >= 4 is 17.6 Å². The molecule has 5 heteroatoms. The highest BCUT2D eigenvalue weighted by atomic mass is 16.2. The Morgan fingerprint density at radius 1 is 1.07 bits per heavy atom. The molecule has 2 N–H and O–H groups in total. The van der Waals surface area contributed by atoms with Gasteiger partial charge in [-0.2, -0.15) is 0 Å². The van der Waals surface area contributed by atoms with Crippen LogP contribution in [0.4, 0.5) is 0 Å². The van der Waals surface area contributed by atoms with Crippen molar-refractivity contribution in [3.05, 3.63) is 84.1 Å². The lowest BCUT2D eigenvalue weighted by Gasteiger charge is -2.25. The second kappa shape index (κ2) is 9.13. The van der Waals surface area contributed by atoms with E-state index in [1.165, 1.54) is 0 Å². The largest absolute Gasteiger partial charge is 0.342 e. The van der Waals surface area contributed by atoms with Gasteiger partial charge in [-0.15, -0.1) is 0 Å². The molecular weight excluding hydrogens is 352 g/mol. The van der Waals surface area contributed by atoms with Crippen molar-refractivity contribution in [3.8, 4) is 0 Å². The van der Waals surface area contributed by atoms with Crippen LogP contribution in [-0.2, 0) is 16.0 Å². The highest BCUT2D eigenvalue weighted by Gasteiger charge is 2.30. The summed E-state index contributed by atoms with van der Waals surface area (Å²) in [7, 11) is 0. The Morgan fingerprint density at radius 2 is 1.71 bits per heavy atom. The van der Waals surface area contributed by atoms with Crippen LogP contribution in [0, 0.1) is 5.92 Å². The van der Waals surface area contributed by atoms with E-state index in [2.05, 4.69) is 17.2 Å². The number of ketones is 1. The highest BCUT2D eigenvalue weighted by molar-refractivity contribution is 5.99. The molecule has 0 aromatic heterocycles. The van der Waals surface area contributed by atoms with Gasteiger partial charge in [-0.05, 0) is 37.0 Å². The Hall–Kier alpha value is -3.21. The molecule has 3 rings (SSSR count). The van der Waals surface area contributed by atoms with Crippen LogP contribution in [-0.4, -0.2) is 23.6 Å². The van der Waals surface area contributed by atoms with Gasteiger partial charge in [0.15, 0.2) is 5.78 Å². The second-order valence-electron chi connectivity index (χ2n) is 7.08. The number of nitrogens with one attached hydrogen (secondary N) is 2. The standard InChI is InChI=1S/C23H24N2O3/c1-16-12-13-19(23(28)24-16)15-21(26)20(14-17-8-4-2-5-9-17)25-22(27)18-10-6-3-7-11-18/h2-11,19-20H,1,12-15H2,(H,24,28)(H,25,27)/t19?,20-/m0/s1. The summed E-state index contributed by atoms with van der Waals surface area (Å²) in [5, 5.41) is 5.57. The van der Waals surface area contributed by atoms with E-state index in [0.29, 0.717) is 30.5 Å². The van der Waals surface area contributed by atoms with Crippen molar-refractivity contribution in [2.75, 3.05) is 0 Å². The van der Waals surface area contributed by atoms with Gasteiger partial charge >= 0.3 is 0 Å². The maximum absolute atomic E-state index is 13.0. The number of benzene rings is 2. The van der Waals surface area contributed by atoms with Gasteiger partial charge in [0.05, 0.1) is 6.04 Å². The molecule has 0 radical (unpaired) electrons. The van der Waals surface area contributed by atoms with E-state index in [0.717, 1.165) is 5.56 Å². The molecule has 0 saturated carbocycles. The monoisotopic (exact) mass is 376 g/mol. The average molecular weight is 376 g/mol. The molecule has 28 heavy (non-hydrogen) atoms. The van der Waals surface area contributed by atoms with Gasteiger partial charge in [0.2, 0.25) is 5.91 Å². The van der Waals surface area contributed by atoms with E-state index in [1.54, 1.807) is 24.3 Å². The SMILES string of the molecule is C=C1CCC(CC(=O)[C@H](Cc2ccccc2)NC(=O)c2ccccc2)C(=O)N1. The minimum absolute atomic E-state index is 0.103. The lowest BCUT2D eigenvalue weighted by atomic mass is 9.88. The quantitative estimate of drug-likeness (QED) is 0.780. The lowest BCUT2D eigenvalue weighted by molar-refractivity contribution is -0.130. The summed E-state index contributed by atoms with van der Waals surface area (Å²) in [6.45, 7) is 3.77. The van der Waals surface area contributed by atoms with Gasteiger partial charge in [-0.1, -0.05) is 55.1 Å². The molecule has 1 fully saturated rings. The Morgan fingerprint density at radius 3 is 2.36 bits per heavy atom. The number of Topliss-reactive ketones (excluding diaryl/α,β-unsaturated/α-hetero) is 1. The summed E-state index contributed by atoms with van der Waals surface area (Å²) in [5.74, 6) is -0.987. The Kier molecular flexibility index (Phi) is 6.37. The number of piperidine rings is 1. The third-order valence-electron chi connectivity index (χ3n) is 4.93. The molecule has 2 amide bonds. The molecule has 5 nitrogen and oxygen atoms in total. The minimum atomic E-state index is -0.687. The van der Waals surface area contributed by atoms with Gasteiger partial charge in [0.1, 0.15) is 0 Å². The van der Waals surface area contributed by atoms with Gasteiger partial charge in [-0.3, -0.25) is 14.4 Å². The zero-order chi connectivity index (χ0) is 19.9. The van der Waals surface area contributed by atoms with Crippen LogP contribution in [0.5, 0.6) is 0 Å².